The number of benzene rings is 1. The smallest absolute Gasteiger partial charge is 0.248 e. The Morgan fingerprint density at radius 2 is 2.06 bits per heavy atom. The van der Waals surface area contributed by atoms with Gasteiger partial charge in [0.05, 0.1) is 0 Å². The zero-order chi connectivity index (χ0) is 13.1. The molecule has 0 unspecified atom stereocenters. The van der Waals surface area contributed by atoms with E-state index in [1.807, 2.05) is 25.1 Å². The second-order valence-electron chi connectivity index (χ2n) is 5.03. The Balaban J connectivity index is 2.11. The van der Waals surface area contributed by atoms with Crippen molar-refractivity contribution in [2.24, 2.45) is 17.4 Å². The van der Waals surface area contributed by atoms with E-state index >= 15 is 0 Å². The summed E-state index contributed by atoms with van der Waals surface area (Å²) in [6.07, 6.45) is 2.29. The van der Waals surface area contributed by atoms with Crippen LogP contribution in [-0.4, -0.2) is 25.5 Å². The van der Waals surface area contributed by atoms with Crippen molar-refractivity contribution >= 4 is 11.6 Å². The molecule has 4 N–H and O–H groups in total. The number of carbonyl (C=O) groups is 1. The average molecular weight is 247 g/mol. The molecule has 0 radical (unpaired) electrons. The summed E-state index contributed by atoms with van der Waals surface area (Å²) < 4.78 is 0. The van der Waals surface area contributed by atoms with Crippen LogP contribution in [-0.2, 0) is 0 Å². The fraction of sp³-hybridized carbons (Fsp3) is 0.500. The molecule has 0 bridgehead atoms. The van der Waals surface area contributed by atoms with Gasteiger partial charge >= 0.3 is 0 Å². The molecular formula is C14H21N3O. The molecule has 0 spiro atoms. The average Bonchev–Trinajstić information content (AvgIpc) is 2.38. The minimum atomic E-state index is -0.360. The molecule has 1 aliphatic heterocycles. The lowest BCUT2D eigenvalue weighted by Gasteiger charge is -2.33. The second-order valence-corrected chi connectivity index (χ2v) is 5.03. The van der Waals surface area contributed by atoms with Gasteiger partial charge in [-0.2, -0.15) is 0 Å². The van der Waals surface area contributed by atoms with E-state index in [2.05, 4.69) is 4.90 Å². The third kappa shape index (κ3) is 2.64. The second kappa shape index (κ2) is 5.40. The van der Waals surface area contributed by atoms with E-state index in [0.29, 0.717) is 11.5 Å². The highest BCUT2D eigenvalue weighted by molar-refractivity contribution is 5.94. The molecule has 1 fully saturated rings. The van der Waals surface area contributed by atoms with Gasteiger partial charge in [-0.15, -0.1) is 0 Å². The van der Waals surface area contributed by atoms with Crippen molar-refractivity contribution in [3.05, 3.63) is 29.3 Å². The zero-order valence-electron chi connectivity index (χ0n) is 10.9. The van der Waals surface area contributed by atoms with Gasteiger partial charge in [0.1, 0.15) is 0 Å². The lowest BCUT2D eigenvalue weighted by atomic mass is 9.96. The predicted molar refractivity (Wildman–Crippen MR) is 73.7 cm³/mol. The Bertz CT molecular complexity index is 437. The molecule has 1 amide bonds. The summed E-state index contributed by atoms with van der Waals surface area (Å²) in [5.74, 6) is 0.299. The molecule has 0 saturated carbocycles. The molecule has 1 aromatic carbocycles. The van der Waals surface area contributed by atoms with Crippen LogP contribution in [0.2, 0.25) is 0 Å². The summed E-state index contributed by atoms with van der Waals surface area (Å²) in [6.45, 7) is 4.79. The number of primary amides is 1. The summed E-state index contributed by atoms with van der Waals surface area (Å²) >= 11 is 0. The van der Waals surface area contributed by atoms with E-state index in [1.165, 1.54) is 5.69 Å². The first-order chi connectivity index (χ1) is 8.61. The van der Waals surface area contributed by atoms with Crippen molar-refractivity contribution in [3.63, 3.8) is 0 Å². The van der Waals surface area contributed by atoms with Crippen molar-refractivity contribution in [2.75, 3.05) is 24.5 Å². The SMILES string of the molecule is Cc1cc(N2CCC(CN)CC2)ccc1C(N)=O. The Kier molecular flexibility index (Phi) is 3.87. The van der Waals surface area contributed by atoms with Gasteiger partial charge in [-0.05, 0) is 56.0 Å². The minimum absolute atomic E-state index is 0.360. The molecule has 0 aromatic heterocycles. The first kappa shape index (κ1) is 12.9. The summed E-state index contributed by atoms with van der Waals surface area (Å²) in [4.78, 5) is 13.5. The molecule has 0 aliphatic carbocycles. The minimum Gasteiger partial charge on any atom is -0.372 e. The molecule has 18 heavy (non-hydrogen) atoms. The molecular weight excluding hydrogens is 226 g/mol. The van der Waals surface area contributed by atoms with Crippen molar-refractivity contribution in [1.29, 1.82) is 0 Å². The molecule has 0 atom stereocenters. The van der Waals surface area contributed by atoms with Crippen LogP contribution in [0.25, 0.3) is 0 Å². The third-order valence-electron chi connectivity index (χ3n) is 3.79. The number of piperidine rings is 1. The number of amides is 1. The van der Waals surface area contributed by atoms with Crippen LogP contribution in [0.4, 0.5) is 5.69 Å². The molecule has 2 rings (SSSR count). The largest absolute Gasteiger partial charge is 0.372 e. The number of hydrogen-bond acceptors (Lipinski definition) is 3. The molecule has 4 nitrogen and oxygen atoms in total. The summed E-state index contributed by atoms with van der Waals surface area (Å²) in [7, 11) is 0. The van der Waals surface area contributed by atoms with Crippen molar-refractivity contribution in [2.45, 2.75) is 19.8 Å². The maximum absolute atomic E-state index is 11.2. The van der Waals surface area contributed by atoms with E-state index in [9.17, 15) is 4.79 Å². The monoisotopic (exact) mass is 247 g/mol. The Morgan fingerprint density at radius 3 is 2.56 bits per heavy atom. The van der Waals surface area contributed by atoms with Crippen LogP contribution < -0.4 is 16.4 Å². The topological polar surface area (TPSA) is 72.3 Å². The van der Waals surface area contributed by atoms with Gasteiger partial charge in [-0.25, -0.2) is 0 Å². The van der Waals surface area contributed by atoms with Gasteiger partial charge in [-0.1, -0.05) is 0 Å². The van der Waals surface area contributed by atoms with Gasteiger partial charge in [-0.3, -0.25) is 4.79 Å². The number of aryl methyl sites for hydroxylation is 1. The Morgan fingerprint density at radius 1 is 1.39 bits per heavy atom. The molecule has 1 saturated heterocycles. The van der Waals surface area contributed by atoms with Crippen LogP contribution in [0.1, 0.15) is 28.8 Å². The van der Waals surface area contributed by atoms with Crippen LogP contribution >= 0.6 is 0 Å². The predicted octanol–water partition coefficient (Wildman–Crippen LogP) is 1.27. The van der Waals surface area contributed by atoms with Crippen molar-refractivity contribution < 1.29 is 4.79 Å². The van der Waals surface area contributed by atoms with Crippen LogP contribution in [0.5, 0.6) is 0 Å². The highest BCUT2D eigenvalue weighted by Crippen LogP contribution is 2.24. The normalized spacial score (nSPS) is 16.9. The fourth-order valence-corrected chi connectivity index (χ4v) is 2.55. The number of nitrogens with zero attached hydrogens (tertiary/aromatic N) is 1. The lowest BCUT2D eigenvalue weighted by molar-refractivity contribution is 0.1000. The summed E-state index contributed by atoms with van der Waals surface area (Å²) in [6, 6.07) is 5.85. The number of hydrogen-bond donors (Lipinski definition) is 2. The van der Waals surface area contributed by atoms with E-state index in [4.69, 9.17) is 11.5 Å². The molecule has 98 valence electrons. The maximum atomic E-state index is 11.2. The summed E-state index contributed by atoms with van der Waals surface area (Å²) in [5.41, 5.74) is 13.7. The highest BCUT2D eigenvalue weighted by Gasteiger charge is 2.18. The van der Waals surface area contributed by atoms with Crippen molar-refractivity contribution in [3.8, 4) is 0 Å². The first-order valence-electron chi connectivity index (χ1n) is 6.47. The highest BCUT2D eigenvalue weighted by atomic mass is 16.1. The number of nitrogens with two attached hydrogens (primary N) is 2. The van der Waals surface area contributed by atoms with E-state index in [1.54, 1.807) is 0 Å². The third-order valence-corrected chi connectivity index (χ3v) is 3.79. The van der Waals surface area contributed by atoms with Gasteiger partial charge in [0, 0.05) is 24.3 Å². The Labute approximate surface area is 108 Å². The fourth-order valence-electron chi connectivity index (χ4n) is 2.55. The quantitative estimate of drug-likeness (QED) is 0.845. The van der Waals surface area contributed by atoms with Gasteiger partial charge < -0.3 is 16.4 Å². The van der Waals surface area contributed by atoms with E-state index < -0.39 is 0 Å². The number of anilines is 1. The van der Waals surface area contributed by atoms with Gasteiger partial charge in [0.2, 0.25) is 5.91 Å². The van der Waals surface area contributed by atoms with Crippen LogP contribution in [0, 0.1) is 12.8 Å². The molecule has 1 aromatic rings. The number of carbonyl (C=O) groups excluding carboxylic acids is 1. The van der Waals surface area contributed by atoms with Gasteiger partial charge in [0.15, 0.2) is 0 Å². The molecule has 1 aliphatic rings. The van der Waals surface area contributed by atoms with Crippen molar-refractivity contribution in [1.82, 2.24) is 0 Å². The molecule has 4 heteroatoms. The van der Waals surface area contributed by atoms with Gasteiger partial charge in [0.25, 0.3) is 0 Å². The Hall–Kier alpha value is -1.55. The first-order valence-corrected chi connectivity index (χ1v) is 6.47. The standard InChI is InChI=1S/C14H21N3O/c1-10-8-12(2-3-13(10)14(16)18)17-6-4-11(9-15)5-7-17/h2-3,8,11H,4-7,9,15H2,1H3,(H2,16,18). The summed E-state index contributed by atoms with van der Waals surface area (Å²) in [5, 5.41) is 0. The van der Waals surface area contributed by atoms with E-state index in [0.717, 1.165) is 38.0 Å². The van der Waals surface area contributed by atoms with E-state index in [-0.39, 0.29) is 5.91 Å². The number of rotatable bonds is 3. The molecule has 1 heterocycles. The lowest BCUT2D eigenvalue weighted by Crippen LogP contribution is -2.36. The maximum Gasteiger partial charge on any atom is 0.248 e. The van der Waals surface area contributed by atoms with Crippen LogP contribution in [0.3, 0.4) is 0 Å². The van der Waals surface area contributed by atoms with Crippen LogP contribution in [0.15, 0.2) is 18.2 Å². The zero-order valence-corrected chi connectivity index (χ0v) is 10.9.